The molecule has 1 nitrogen and oxygen atoms in total. The van der Waals surface area contributed by atoms with E-state index in [1.165, 1.54) is 22.7 Å². The molecular weight excluding hydrogens is 556 g/mol. The maximum atomic E-state index is 2.36. The zero-order valence-corrected chi connectivity index (χ0v) is 18.8. The molecule has 3 heteroatoms. The van der Waals surface area contributed by atoms with Gasteiger partial charge in [-0.25, -0.2) is 0 Å². The van der Waals surface area contributed by atoms with Gasteiger partial charge in [-0.3, -0.25) is 0 Å². The summed E-state index contributed by atoms with van der Waals surface area (Å²) in [6.07, 6.45) is 0. The zero-order valence-electron chi connectivity index (χ0n) is 14.4. The Morgan fingerprint density at radius 3 is 0.926 bits per heavy atom. The first-order chi connectivity index (χ1) is 13.4. The van der Waals surface area contributed by atoms with Crippen molar-refractivity contribution in [2.45, 2.75) is 0 Å². The van der Waals surface area contributed by atoms with Gasteiger partial charge in [0.25, 0.3) is 0 Å². The summed E-state index contributed by atoms with van der Waals surface area (Å²) in [6.45, 7) is 0. The molecule has 4 aromatic rings. The third-order valence-electron chi connectivity index (χ3n) is 5.26. The van der Waals surface area contributed by atoms with E-state index in [9.17, 15) is 0 Å². The van der Waals surface area contributed by atoms with Crippen LogP contribution in [0.2, 0.25) is 0 Å². The van der Waals surface area contributed by atoms with Crippen LogP contribution < -0.4 is 46.9 Å². The Labute approximate surface area is 179 Å². The molecule has 0 atom stereocenters. The van der Waals surface area contributed by atoms with Crippen LogP contribution >= 0.6 is 0 Å². The number of fused-ring (bicyclic) bond motifs is 8. The van der Waals surface area contributed by atoms with Gasteiger partial charge in [0.1, 0.15) is 0 Å². The molecule has 0 unspecified atom stereocenters. The van der Waals surface area contributed by atoms with Gasteiger partial charge in [-0.05, 0) is 0 Å². The molecule has 0 radical (unpaired) electrons. The summed E-state index contributed by atoms with van der Waals surface area (Å²) in [5.41, 5.74) is 5.81. The molecule has 6 rings (SSSR count). The van der Waals surface area contributed by atoms with E-state index in [0.717, 1.165) is 4.48 Å². The quantitative estimate of drug-likeness (QED) is 0.176. The molecular formula is C24H16I2N-. The van der Waals surface area contributed by atoms with Crippen LogP contribution in [0.25, 0.3) is 0 Å². The molecule has 1 spiro atoms. The fourth-order valence-corrected chi connectivity index (χ4v) is 10.3. The van der Waals surface area contributed by atoms with Gasteiger partial charge < -0.3 is 0 Å². The van der Waals surface area contributed by atoms with Gasteiger partial charge in [0.15, 0.2) is 0 Å². The summed E-state index contributed by atoms with van der Waals surface area (Å²) in [5, 5.41) is 0. The van der Waals surface area contributed by atoms with Crippen molar-refractivity contribution in [1.82, 2.24) is 4.48 Å². The third-order valence-corrected chi connectivity index (χ3v) is 11.2. The first kappa shape index (κ1) is 16.3. The topological polar surface area (TPSA) is 0 Å². The molecule has 2 aliphatic rings. The second kappa shape index (κ2) is 6.15. The van der Waals surface area contributed by atoms with Gasteiger partial charge in [0, 0.05) is 0 Å². The maximum absolute atomic E-state index is 2.36. The molecule has 0 aliphatic carbocycles. The summed E-state index contributed by atoms with van der Waals surface area (Å²) < 4.78 is 6.93. The van der Waals surface area contributed by atoms with Crippen molar-refractivity contribution in [2.24, 2.45) is 0 Å². The van der Waals surface area contributed by atoms with Gasteiger partial charge in [-0.1, -0.05) is 0 Å². The predicted octanol–water partition coefficient (Wildman–Crippen LogP) is -0.127. The Bertz CT molecular complexity index is 1010. The number of para-hydroxylation sites is 4. The number of quaternary nitrogens is 1. The minimum absolute atomic E-state index is 0.165. The summed E-state index contributed by atoms with van der Waals surface area (Å²) in [6, 6.07) is 36.6. The van der Waals surface area contributed by atoms with Crippen molar-refractivity contribution in [3.05, 3.63) is 111 Å². The van der Waals surface area contributed by atoms with E-state index in [1.807, 2.05) is 0 Å². The fraction of sp³-hybridized carbons (Fsp3) is 0. The van der Waals surface area contributed by atoms with Crippen LogP contribution in [0.1, 0.15) is 0 Å². The van der Waals surface area contributed by atoms with Crippen molar-refractivity contribution in [2.75, 3.05) is 0 Å². The summed E-state index contributed by atoms with van der Waals surface area (Å²) in [4.78, 5) is 0. The first-order valence-electron chi connectivity index (χ1n) is 8.96. The normalized spacial score (nSPS) is 16.0. The molecule has 0 fully saturated rings. The number of hydrogen-bond donors (Lipinski definition) is 0. The number of rotatable bonds is 0. The van der Waals surface area contributed by atoms with Crippen LogP contribution in [0.3, 0.4) is 0 Å². The van der Waals surface area contributed by atoms with Gasteiger partial charge in [0.05, 0.1) is 0 Å². The second-order valence-electron chi connectivity index (χ2n) is 6.67. The van der Waals surface area contributed by atoms with E-state index in [4.69, 9.17) is 0 Å². The third kappa shape index (κ3) is 2.19. The van der Waals surface area contributed by atoms with Crippen LogP contribution in [0.15, 0.2) is 97.1 Å². The first-order valence-corrected chi connectivity index (χ1v) is 13.3. The Kier molecular flexibility index (Phi) is 3.71. The summed E-state index contributed by atoms with van der Waals surface area (Å²) in [5.74, 6) is 0. The summed E-state index contributed by atoms with van der Waals surface area (Å²) in [7, 11) is 0. The van der Waals surface area contributed by atoms with Gasteiger partial charge in [-0.2, -0.15) is 0 Å². The Morgan fingerprint density at radius 1 is 0.370 bits per heavy atom. The van der Waals surface area contributed by atoms with Crippen LogP contribution in [-0.2, 0) is 0 Å². The van der Waals surface area contributed by atoms with Crippen LogP contribution in [0, 0.1) is 14.3 Å². The van der Waals surface area contributed by atoms with Crippen molar-refractivity contribution in [1.29, 1.82) is 0 Å². The molecule has 0 bridgehead atoms. The second-order valence-corrected chi connectivity index (χ2v) is 12.4. The molecule has 0 amide bonds. The zero-order chi connectivity index (χ0) is 17.8. The minimum atomic E-state index is -0.165. The van der Waals surface area contributed by atoms with Crippen LogP contribution in [0.5, 0.6) is 0 Å². The number of halogens is 2. The molecule has 0 saturated heterocycles. The van der Waals surface area contributed by atoms with E-state index in [1.54, 1.807) is 14.3 Å². The molecule has 132 valence electrons. The fourth-order valence-electron chi connectivity index (χ4n) is 4.21. The molecule has 2 aliphatic heterocycles. The van der Waals surface area contributed by atoms with Gasteiger partial charge >= 0.3 is 181 Å². The molecule has 0 saturated carbocycles. The van der Waals surface area contributed by atoms with E-state index >= 15 is 0 Å². The van der Waals surface area contributed by atoms with E-state index in [-0.39, 0.29) is 42.4 Å². The average molecular weight is 572 g/mol. The average Bonchev–Trinajstić information content (AvgIpc) is 2.73. The number of hydrogen-bond acceptors (Lipinski definition) is 0. The molecule has 0 N–H and O–H groups in total. The van der Waals surface area contributed by atoms with E-state index < -0.39 is 0 Å². The number of benzene rings is 4. The predicted molar refractivity (Wildman–Crippen MR) is 101 cm³/mol. The van der Waals surface area contributed by atoms with Crippen LogP contribution in [0.4, 0.5) is 22.7 Å². The van der Waals surface area contributed by atoms with Crippen molar-refractivity contribution >= 4 is 22.7 Å². The van der Waals surface area contributed by atoms with Gasteiger partial charge in [0.2, 0.25) is 0 Å². The molecule has 27 heavy (non-hydrogen) atoms. The van der Waals surface area contributed by atoms with Crippen molar-refractivity contribution < 1.29 is 42.4 Å². The van der Waals surface area contributed by atoms with Crippen molar-refractivity contribution in [3.8, 4) is 0 Å². The Morgan fingerprint density at radius 2 is 0.630 bits per heavy atom. The molecule has 0 aromatic heterocycles. The SMILES string of the molecule is c1ccc2c(c1)[I-]c1ccccc1[N+]21c2ccccc2[I-]c2ccccc21. The van der Waals surface area contributed by atoms with E-state index in [0.29, 0.717) is 0 Å². The van der Waals surface area contributed by atoms with Crippen molar-refractivity contribution in [3.63, 3.8) is 0 Å². The van der Waals surface area contributed by atoms with Gasteiger partial charge in [-0.15, -0.1) is 0 Å². The number of nitrogens with zero attached hydrogens (tertiary/aromatic N) is 1. The molecule has 4 aromatic carbocycles. The molecule has 2 heterocycles. The standard InChI is InChI=1S/C24H16I2N/c1-5-13-21-17(9-1)25-18-10-2-6-14-22(18)27(21)23-15-7-3-11-19(23)26-20-12-4-8-16-24(20)27/h1-16H/q-1. The monoisotopic (exact) mass is 572 g/mol. The van der Waals surface area contributed by atoms with E-state index in [2.05, 4.69) is 97.1 Å². The summed E-state index contributed by atoms with van der Waals surface area (Å²) >= 11 is -0.331. The Balaban J connectivity index is 1.85. The Hall–Kier alpha value is -1.70. The van der Waals surface area contributed by atoms with Crippen LogP contribution in [-0.4, -0.2) is 0 Å².